The lowest BCUT2D eigenvalue weighted by molar-refractivity contribution is 0.0949. The normalized spacial score (nSPS) is 10.9. The highest BCUT2D eigenvalue weighted by Gasteiger charge is 2.09. The second-order valence-electron chi connectivity index (χ2n) is 7.95. The van der Waals surface area contributed by atoms with Gasteiger partial charge in [-0.05, 0) is 67.2 Å². The van der Waals surface area contributed by atoms with Crippen molar-refractivity contribution < 1.29 is 9.53 Å². The molecule has 6 nitrogen and oxygen atoms in total. The summed E-state index contributed by atoms with van der Waals surface area (Å²) in [5.41, 5.74) is 3.50. The Bertz CT molecular complexity index is 1180. The van der Waals surface area contributed by atoms with Crippen molar-refractivity contribution >= 4 is 5.91 Å². The van der Waals surface area contributed by atoms with E-state index < -0.39 is 0 Å². The Morgan fingerprint density at radius 2 is 1.53 bits per heavy atom. The summed E-state index contributed by atoms with van der Waals surface area (Å²) in [5.74, 6) is 2.28. The summed E-state index contributed by atoms with van der Waals surface area (Å²) < 4.78 is 5.86. The average molecular weight is 455 g/mol. The molecule has 0 atom stereocenters. The van der Waals surface area contributed by atoms with Crippen LogP contribution in [0, 0.1) is 0 Å². The van der Waals surface area contributed by atoms with E-state index in [1.54, 1.807) is 0 Å². The molecule has 1 heterocycles. The highest BCUT2D eigenvalue weighted by molar-refractivity contribution is 5.94. The molecule has 3 aromatic carbocycles. The number of imidazole rings is 1. The van der Waals surface area contributed by atoms with Crippen LogP contribution in [0.3, 0.4) is 0 Å². The molecule has 0 aliphatic heterocycles. The Labute approximate surface area is 200 Å². The first kappa shape index (κ1) is 23.3. The smallest absolute Gasteiger partial charge is 0.251 e. The van der Waals surface area contributed by atoms with E-state index >= 15 is 0 Å². The van der Waals surface area contributed by atoms with Crippen molar-refractivity contribution in [2.45, 2.75) is 13.8 Å². The number of benzene rings is 3. The van der Waals surface area contributed by atoms with E-state index in [1.807, 2.05) is 85.1 Å². The molecule has 0 bridgehead atoms. The molecule has 174 valence electrons. The van der Waals surface area contributed by atoms with Crippen molar-refractivity contribution in [1.82, 2.24) is 20.2 Å². The van der Waals surface area contributed by atoms with Crippen molar-refractivity contribution in [3.63, 3.8) is 0 Å². The highest BCUT2D eigenvalue weighted by Crippen LogP contribution is 2.26. The van der Waals surface area contributed by atoms with E-state index in [4.69, 9.17) is 4.74 Å². The Morgan fingerprint density at radius 1 is 0.882 bits per heavy atom. The first-order valence-corrected chi connectivity index (χ1v) is 11.7. The molecule has 2 N–H and O–H groups in total. The van der Waals surface area contributed by atoms with Gasteiger partial charge in [0.15, 0.2) is 0 Å². The van der Waals surface area contributed by atoms with Crippen LogP contribution in [0.4, 0.5) is 0 Å². The third-order valence-corrected chi connectivity index (χ3v) is 5.75. The first-order chi connectivity index (χ1) is 16.7. The van der Waals surface area contributed by atoms with Crippen molar-refractivity contribution in [2.24, 2.45) is 0 Å². The van der Waals surface area contributed by atoms with Crippen molar-refractivity contribution in [3.8, 4) is 34.1 Å². The van der Waals surface area contributed by atoms with Gasteiger partial charge in [0.2, 0.25) is 0 Å². The molecule has 6 heteroatoms. The summed E-state index contributed by atoms with van der Waals surface area (Å²) in [6, 6.07) is 25.1. The number of hydrogen-bond acceptors (Lipinski definition) is 4. The minimum Gasteiger partial charge on any atom is -0.457 e. The van der Waals surface area contributed by atoms with Crippen molar-refractivity contribution in [1.29, 1.82) is 0 Å². The van der Waals surface area contributed by atoms with Crippen LogP contribution in [0.5, 0.6) is 11.5 Å². The number of para-hydroxylation sites is 1. The molecule has 0 unspecified atom stereocenters. The minimum atomic E-state index is -0.0587. The minimum absolute atomic E-state index is 0.0587. The summed E-state index contributed by atoms with van der Waals surface area (Å²) in [7, 11) is 0. The number of nitrogens with one attached hydrogen (secondary N) is 2. The number of carbonyl (C=O) groups is 1. The molecular formula is C28H30N4O2. The van der Waals surface area contributed by atoms with Gasteiger partial charge in [0.1, 0.15) is 17.3 Å². The summed E-state index contributed by atoms with van der Waals surface area (Å²) in [6.07, 6.45) is 1.82. The van der Waals surface area contributed by atoms with Crippen LogP contribution in [-0.4, -0.2) is 47.0 Å². The first-order valence-electron chi connectivity index (χ1n) is 11.7. The van der Waals surface area contributed by atoms with Gasteiger partial charge in [-0.1, -0.05) is 44.2 Å². The number of aromatic nitrogens is 2. The van der Waals surface area contributed by atoms with Crippen LogP contribution < -0.4 is 10.1 Å². The summed E-state index contributed by atoms with van der Waals surface area (Å²) in [4.78, 5) is 22.6. The van der Waals surface area contributed by atoms with E-state index in [2.05, 4.69) is 34.0 Å². The number of amides is 1. The van der Waals surface area contributed by atoms with Gasteiger partial charge in [-0.3, -0.25) is 4.79 Å². The lowest BCUT2D eigenvalue weighted by Gasteiger charge is -2.17. The Kier molecular flexibility index (Phi) is 7.73. The number of ether oxygens (including phenoxy) is 1. The molecule has 0 radical (unpaired) electrons. The van der Waals surface area contributed by atoms with E-state index in [0.29, 0.717) is 12.1 Å². The van der Waals surface area contributed by atoms with Crippen LogP contribution in [0.2, 0.25) is 0 Å². The number of likely N-dealkylation sites (N-methyl/N-ethyl adjacent to an activating group) is 1. The van der Waals surface area contributed by atoms with Gasteiger partial charge in [-0.25, -0.2) is 4.98 Å². The SMILES string of the molecule is CCN(CC)CCNC(=O)c1ccc(-c2ncc(-c3ccc(Oc4ccccc4)cc3)[nH]2)cc1. The fraction of sp³-hybridized carbons (Fsp3) is 0.214. The third-order valence-electron chi connectivity index (χ3n) is 5.75. The maximum absolute atomic E-state index is 12.4. The second kappa shape index (κ2) is 11.3. The monoisotopic (exact) mass is 454 g/mol. The van der Waals surface area contributed by atoms with E-state index in [-0.39, 0.29) is 5.91 Å². The quantitative estimate of drug-likeness (QED) is 0.327. The van der Waals surface area contributed by atoms with Crippen molar-refractivity contribution in [2.75, 3.05) is 26.2 Å². The number of aromatic amines is 1. The molecule has 4 aromatic rings. The van der Waals surface area contributed by atoms with Gasteiger partial charge in [-0.2, -0.15) is 0 Å². The van der Waals surface area contributed by atoms with Gasteiger partial charge < -0.3 is 19.9 Å². The summed E-state index contributed by atoms with van der Waals surface area (Å²) in [5, 5.41) is 2.99. The maximum atomic E-state index is 12.4. The lowest BCUT2D eigenvalue weighted by Crippen LogP contribution is -2.34. The third kappa shape index (κ3) is 5.91. The zero-order valence-electron chi connectivity index (χ0n) is 19.6. The van der Waals surface area contributed by atoms with Crippen LogP contribution in [0.15, 0.2) is 85.1 Å². The zero-order valence-corrected chi connectivity index (χ0v) is 19.6. The number of carbonyl (C=O) groups excluding carboxylic acids is 1. The Hall–Kier alpha value is -3.90. The molecule has 0 aliphatic carbocycles. The van der Waals surface area contributed by atoms with Crippen LogP contribution in [0.25, 0.3) is 22.6 Å². The van der Waals surface area contributed by atoms with E-state index in [9.17, 15) is 4.79 Å². The second-order valence-corrected chi connectivity index (χ2v) is 7.95. The van der Waals surface area contributed by atoms with Crippen LogP contribution in [0.1, 0.15) is 24.2 Å². The molecule has 0 saturated heterocycles. The standard InChI is InChI=1S/C28H30N4O2/c1-3-32(4-2)19-18-29-28(33)23-12-10-22(11-13-23)27-30-20-26(31-27)21-14-16-25(17-15-21)34-24-8-6-5-7-9-24/h5-17,20H,3-4,18-19H2,1-2H3,(H,29,33)(H,30,31). The van der Waals surface area contributed by atoms with Gasteiger partial charge in [-0.15, -0.1) is 0 Å². The number of hydrogen-bond donors (Lipinski definition) is 2. The number of rotatable bonds is 10. The molecule has 1 aromatic heterocycles. The van der Waals surface area contributed by atoms with Crippen LogP contribution in [-0.2, 0) is 0 Å². The molecule has 0 spiro atoms. The fourth-order valence-corrected chi connectivity index (χ4v) is 3.69. The summed E-state index contributed by atoms with van der Waals surface area (Å²) >= 11 is 0. The predicted octanol–water partition coefficient (Wildman–Crippen LogP) is 5.61. The fourth-order valence-electron chi connectivity index (χ4n) is 3.69. The van der Waals surface area contributed by atoms with Gasteiger partial charge >= 0.3 is 0 Å². The average Bonchev–Trinajstić information content (AvgIpc) is 3.38. The zero-order chi connectivity index (χ0) is 23.8. The van der Waals surface area contributed by atoms with E-state index in [1.165, 1.54) is 0 Å². The molecule has 34 heavy (non-hydrogen) atoms. The van der Waals surface area contributed by atoms with E-state index in [0.717, 1.165) is 53.8 Å². The topological polar surface area (TPSA) is 70.2 Å². The number of nitrogens with zero attached hydrogens (tertiary/aromatic N) is 2. The predicted molar refractivity (Wildman–Crippen MR) is 136 cm³/mol. The number of H-pyrrole nitrogens is 1. The Balaban J connectivity index is 1.36. The van der Waals surface area contributed by atoms with Crippen molar-refractivity contribution in [3.05, 3.63) is 90.6 Å². The molecule has 0 saturated carbocycles. The van der Waals surface area contributed by atoms with Gasteiger partial charge in [0.25, 0.3) is 5.91 Å². The molecule has 0 aliphatic rings. The van der Waals surface area contributed by atoms with Crippen LogP contribution >= 0.6 is 0 Å². The molecule has 4 rings (SSSR count). The largest absolute Gasteiger partial charge is 0.457 e. The Morgan fingerprint density at radius 3 is 2.21 bits per heavy atom. The maximum Gasteiger partial charge on any atom is 0.251 e. The molecular weight excluding hydrogens is 424 g/mol. The molecule has 0 fully saturated rings. The lowest BCUT2D eigenvalue weighted by atomic mass is 10.1. The van der Waals surface area contributed by atoms with Gasteiger partial charge in [0.05, 0.1) is 11.9 Å². The van der Waals surface area contributed by atoms with Gasteiger partial charge in [0, 0.05) is 24.2 Å². The summed E-state index contributed by atoms with van der Waals surface area (Å²) in [6.45, 7) is 7.71. The molecule has 1 amide bonds. The highest BCUT2D eigenvalue weighted by atomic mass is 16.5.